The molecule has 1 saturated heterocycles. The zero-order valence-corrected chi connectivity index (χ0v) is 22.1. The number of fused-ring (bicyclic) bond motifs is 1. The minimum atomic E-state index is -0.0656. The van der Waals surface area contributed by atoms with Crippen LogP contribution < -0.4 is 20.7 Å². The molecule has 1 aliphatic heterocycles. The Balaban J connectivity index is 1.47. The number of rotatable bonds is 8. The van der Waals surface area contributed by atoms with Gasteiger partial charge in [0.1, 0.15) is 5.75 Å². The van der Waals surface area contributed by atoms with E-state index in [1.807, 2.05) is 69.3 Å². The monoisotopic (exact) mass is 510 g/mol. The smallest absolute Gasteiger partial charge is 0.228 e. The molecule has 1 amide bonds. The largest absolute Gasteiger partial charge is 0.437 e. The van der Waals surface area contributed by atoms with Gasteiger partial charge >= 0.3 is 0 Å². The fourth-order valence-corrected chi connectivity index (χ4v) is 4.62. The molecule has 5 rings (SSSR count). The second-order valence-electron chi connectivity index (χ2n) is 9.82. The molecule has 0 saturated carbocycles. The number of nitrogens with one attached hydrogen (secondary N) is 3. The Labute approximate surface area is 223 Å². The number of benzene rings is 2. The van der Waals surface area contributed by atoms with Gasteiger partial charge in [0.15, 0.2) is 0 Å². The lowest BCUT2D eigenvalue weighted by Gasteiger charge is -2.23. The number of aromatic nitrogens is 3. The Bertz CT molecular complexity index is 1430. The van der Waals surface area contributed by atoms with Crippen molar-refractivity contribution in [2.45, 2.75) is 46.1 Å². The summed E-state index contributed by atoms with van der Waals surface area (Å²) >= 11 is 0. The SMILES string of the molecule is CC[C@@H](C)C(=O)Nc1cccc2c(Oc3ncccc3-c3ccnc(N[C@H]4CCCNC4)n3)c(C)ccc12. The van der Waals surface area contributed by atoms with Gasteiger partial charge in [-0.15, -0.1) is 0 Å². The van der Waals surface area contributed by atoms with Crippen LogP contribution in [0.25, 0.3) is 22.0 Å². The molecule has 1 aliphatic rings. The van der Waals surface area contributed by atoms with E-state index >= 15 is 0 Å². The van der Waals surface area contributed by atoms with E-state index in [2.05, 4.69) is 25.9 Å². The molecule has 3 N–H and O–H groups in total. The molecule has 3 heterocycles. The van der Waals surface area contributed by atoms with Gasteiger partial charge in [0.25, 0.3) is 0 Å². The van der Waals surface area contributed by atoms with Crippen molar-refractivity contribution in [2.24, 2.45) is 5.92 Å². The molecule has 38 heavy (non-hydrogen) atoms. The Kier molecular flexibility index (Phi) is 7.79. The summed E-state index contributed by atoms with van der Waals surface area (Å²) in [6.07, 6.45) is 6.47. The van der Waals surface area contributed by atoms with E-state index in [0.29, 0.717) is 23.6 Å². The Morgan fingerprint density at radius 2 is 2.00 bits per heavy atom. The molecule has 196 valence electrons. The Morgan fingerprint density at radius 1 is 1.11 bits per heavy atom. The van der Waals surface area contributed by atoms with E-state index in [9.17, 15) is 4.79 Å². The van der Waals surface area contributed by atoms with Crippen molar-refractivity contribution in [2.75, 3.05) is 23.7 Å². The van der Waals surface area contributed by atoms with E-state index in [4.69, 9.17) is 9.72 Å². The Morgan fingerprint density at radius 3 is 2.82 bits per heavy atom. The Hall–Kier alpha value is -4.04. The highest BCUT2D eigenvalue weighted by atomic mass is 16.5. The number of pyridine rings is 1. The molecular formula is C30H34N6O2. The van der Waals surface area contributed by atoms with E-state index in [-0.39, 0.29) is 11.8 Å². The molecule has 4 aromatic rings. The molecule has 0 unspecified atom stereocenters. The second kappa shape index (κ2) is 11.6. The van der Waals surface area contributed by atoms with Gasteiger partial charge in [-0.25, -0.2) is 15.0 Å². The predicted molar refractivity (Wildman–Crippen MR) is 152 cm³/mol. The maximum atomic E-state index is 12.6. The average Bonchev–Trinajstić information content (AvgIpc) is 2.95. The van der Waals surface area contributed by atoms with E-state index in [1.54, 1.807) is 12.4 Å². The van der Waals surface area contributed by atoms with Crippen LogP contribution in [0.3, 0.4) is 0 Å². The molecule has 0 aliphatic carbocycles. The molecule has 1 fully saturated rings. The maximum absolute atomic E-state index is 12.6. The summed E-state index contributed by atoms with van der Waals surface area (Å²) in [4.78, 5) is 26.4. The van der Waals surface area contributed by atoms with Crippen molar-refractivity contribution in [1.82, 2.24) is 20.3 Å². The lowest BCUT2D eigenvalue weighted by Crippen LogP contribution is -2.38. The van der Waals surface area contributed by atoms with Crippen LogP contribution in [0, 0.1) is 12.8 Å². The minimum absolute atomic E-state index is 0.00670. The summed E-state index contributed by atoms with van der Waals surface area (Å²) < 4.78 is 6.51. The quantitative estimate of drug-likeness (QED) is 0.270. The number of anilines is 2. The van der Waals surface area contributed by atoms with Crippen molar-refractivity contribution in [3.8, 4) is 22.9 Å². The van der Waals surface area contributed by atoms with Gasteiger partial charge in [-0.2, -0.15) is 0 Å². The number of carbonyl (C=O) groups is 1. The number of ether oxygens (including phenoxy) is 1. The molecular weight excluding hydrogens is 476 g/mol. The van der Waals surface area contributed by atoms with E-state index in [0.717, 1.165) is 65.6 Å². The van der Waals surface area contributed by atoms with Crippen LogP contribution in [0.5, 0.6) is 11.6 Å². The summed E-state index contributed by atoms with van der Waals surface area (Å²) in [5, 5.41) is 11.8. The number of piperidine rings is 1. The van der Waals surface area contributed by atoms with Crippen LogP contribution in [0.2, 0.25) is 0 Å². The van der Waals surface area contributed by atoms with Gasteiger partial charge in [0.2, 0.25) is 17.7 Å². The van der Waals surface area contributed by atoms with E-state index < -0.39 is 0 Å². The molecule has 0 bridgehead atoms. The number of amides is 1. The highest BCUT2D eigenvalue weighted by molar-refractivity contribution is 6.05. The third-order valence-electron chi connectivity index (χ3n) is 7.06. The van der Waals surface area contributed by atoms with Gasteiger partial charge in [-0.3, -0.25) is 4.79 Å². The first-order valence-electron chi connectivity index (χ1n) is 13.3. The van der Waals surface area contributed by atoms with Gasteiger partial charge in [0.05, 0.1) is 11.3 Å². The fraction of sp³-hybridized carbons (Fsp3) is 0.333. The number of hydrogen-bond acceptors (Lipinski definition) is 7. The lowest BCUT2D eigenvalue weighted by molar-refractivity contribution is -0.119. The molecule has 2 aromatic carbocycles. The third-order valence-corrected chi connectivity index (χ3v) is 7.06. The summed E-state index contributed by atoms with van der Waals surface area (Å²) in [5.74, 6) is 1.69. The van der Waals surface area contributed by atoms with Crippen molar-refractivity contribution < 1.29 is 9.53 Å². The normalized spacial score (nSPS) is 16.1. The first-order valence-corrected chi connectivity index (χ1v) is 13.3. The van der Waals surface area contributed by atoms with Crippen LogP contribution in [0.15, 0.2) is 60.9 Å². The van der Waals surface area contributed by atoms with Crippen LogP contribution in [-0.4, -0.2) is 40.0 Å². The van der Waals surface area contributed by atoms with Gasteiger partial charge in [-0.1, -0.05) is 38.1 Å². The number of hydrogen-bond donors (Lipinski definition) is 3. The highest BCUT2D eigenvalue weighted by Gasteiger charge is 2.18. The first kappa shape index (κ1) is 25.6. The topological polar surface area (TPSA) is 101 Å². The van der Waals surface area contributed by atoms with E-state index in [1.165, 1.54) is 0 Å². The highest BCUT2D eigenvalue weighted by Crippen LogP contribution is 2.38. The van der Waals surface area contributed by atoms with Crippen molar-refractivity contribution in [3.05, 3.63) is 66.5 Å². The third kappa shape index (κ3) is 5.60. The van der Waals surface area contributed by atoms with Crippen LogP contribution >= 0.6 is 0 Å². The standard InChI is InChI=1S/C30H34N6O2/c1-4-19(2)28(37)35-25-11-5-9-23-22(25)13-12-20(3)27(23)38-29-24(10-7-16-32-29)26-14-17-33-30(36-26)34-21-8-6-15-31-18-21/h5,7,9-14,16-17,19,21,31H,4,6,8,15,18H2,1-3H3,(H,35,37)(H,33,34,36)/t19-,21+/m1/s1. The zero-order chi connectivity index (χ0) is 26.5. The average molecular weight is 511 g/mol. The number of aryl methyl sites for hydroxylation is 1. The predicted octanol–water partition coefficient (Wildman–Crippen LogP) is 5.94. The summed E-state index contributed by atoms with van der Waals surface area (Å²) in [5.41, 5.74) is 3.24. The lowest BCUT2D eigenvalue weighted by atomic mass is 10.0. The first-order chi connectivity index (χ1) is 18.5. The summed E-state index contributed by atoms with van der Waals surface area (Å²) in [6.45, 7) is 7.90. The van der Waals surface area contributed by atoms with Crippen molar-refractivity contribution in [3.63, 3.8) is 0 Å². The van der Waals surface area contributed by atoms with Gasteiger partial charge < -0.3 is 20.7 Å². The van der Waals surface area contributed by atoms with Crippen molar-refractivity contribution in [1.29, 1.82) is 0 Å². The number of carbonyl (C=O) groups excluding carboxylic acids is 1. The molecule has 0 radical (unpaired) electrons. The molecule has 8 heteroatoms. The zero-order valence-electron chi connectivity index (χ0n) is 22.1. The maximum Gasteiger partial charge on any atom is 0.228 e. The fourth-order valence-electron chi connectivity index (χ4n) is 4.62. The minimum Gasteiger partial charge on any atom is -0.437 e. The van der Waals surface area contributed by atoms with Crippen LogP contribution in [0.1, 0.15) is 38.7 Å². The van der Waals surface area contributed by atoms with Crippen LogP contribution in [-0.2, 0) is 4.79 Å². The second-order valence-corrected chi connectivity index (χ2v) is 9.82. The van der Waals surface area contributed by atoms with Gasteiger partial charge in [-0.05, 0) is 62.6 Å². The van der Waals surface area contributed by atoms with Crippen LogP contribution in [0.4, 0.5) is 11.6 Å². The van der Waals surface area contributed by atoms with Gasteiger partial charge in [0, 0.05) is 47.4 Å². The summed E-state index contributed by atoms with van der Waals surface area (Å²) in [6, 6.07) is 15.9. The van der Waals surface area contributed by atoms with Crippen molar-refractivity contribution >= 4 is 28.3 Å². The summed E-state index contributed by atoms with van der Waals surface area (Å²) in [7, 11) is 0. The molecule has 2 aromatic heterocycles. The molecule has 0 spiro atoms. The number of nitrogens with zero attached hydrogens (tertiary/aromatic N) is 3. The molecule has 8 nitrogen and oxygen atoms in total. The molecule has 2 atom stereocenters.